The third-order valence-corrected chi connectivity index (χ3v) is 4.05. The Bertz CT molecular complexity index is 1060. The first-order chi connectivity index (χ1) is 14.0. The van der Waals surface area contributed by atoms with E-state index in [2.05, 4.69) is 10.6 Å². The van der Waals surface area contributed by atoms with Gasteiger partial charge in [-0.2, -0.15) is 0 Å². The smallest absolute Gasteiger partial charge is 0.337 e. The highest BCUT2D eigenvalue weighted by molar-refractivity contribution is 6.08. The Hall–Kier alpha value is -4.19. The lowest BCUT2D eigenvalue weighted by molar-refractivity contribution is -0.111. The van der Waals surface area contributed by atoms with Crippen LogP contribution < -0.4 is 10.6 Å². The average Bonchev–Trinajstić information content (AvgIpc) is 2.74. The standard InChI is InChI=1S/C23H18N2O4/c26-21(15-10-16-6-2-1-3-7-16)24-18-13-11-17(12-14-18)22(27)25-20-9-5-4-8-19(20)23(28)29/h1-15H,(H,24,26)(H,25,27)(H,28,29)/b15-10+. The molecular formula is C23H18N2O4. The molecule has 0 fully saturated rings. The Morgan fingerprint density at radius 1 is 0.759 bits per heavy atom. The zero-order valence-corrected chi connectivity index (χ0v) is 15.3. The van der Waals surface area contributed by atoms with Gasteiger partial charge in [-0.25, -0.2) is 4.79 Å². The van der Waals surface area contributed by atoms with E-state index in [-0.39, 0.29) is 17.2 Å². The summed E-state index contributed by atoms with van der Waals surface area (Å²) >= 11 is 0. The van der Waals surface area contributed by atoms with E-state index in [4.69, 9.17) is 0 Å². The normalized spacial score (nSPS) is 10.5. The SMILES string of the molecule is O=C(/C=C/c1ccccc1)Nc1ccc(C(=O)Nc2ccccc2C(=O)O)cc1. The second-order valence-electron chi connectivity index (χ2n) is 6.12. The molecule has 3 N–H and O–H groups in total. The van der Waals surface area contributed by atoms with Crippen LogP contribution in [0.3, 0.4) is 0 Å². The molecule has 0 heterocycles. The molecule has 3 aromatic carbocycles. The molecule has 0 aliphatic carbocycles. The molecule has 0 radical (unpaired) electrons. The van der Waals surface area contributed by atoms with E-state index in [9.17, 15) is 19.5 Å². The van der Waals surface area contributed by atoms with Crippen LogP contribution >= 0.6 is 0 Å². The first kappa shape index (κ1) is 19.6. The molecule has 3 rings (SSSR count). The Kier molecular flexibility index (Phi) is 6.17. The monoisotopic (exact) mass is 386 g/mol. The topological polar surface area (TPSA) is 95.5 Å². The van der Waals surface area contributed by atoms with Gasteiger partial charge in [0.25, 0.3) is 5.91 Å². The Balaban J connectivity index is 1.62. The van der Waals surface area contributed by atoms with Crippen LogP contribution in [0.15, 0.2) is 84.9 Å². The molecule has 0 bridgehead atoms. The number of anilines is 2. The van der Waals surface area contributed by atoms with Crippen LogP contribution in [0.2, 0.25) is 0 Å². The molecular weight excluding hydrogens is 368 g/mol. The van der Waals surface area contributed by atoms with Gasteiger partial charge in [-0.15, -0.1) is 0 Å². The lowest BCUT2D eigenvalue weighted by Gasteiger charge is -2.09. The molecule has 0 aliphatic rings. The lowest BCUT2D eigenvalue weighted by atomic mass is 10.1. The van der Waals surface area contributed by atoms with Gasteiger partial charge in [0, 0.05) is 17.3 Å². The van der Waals surface area contributed by atoms with Gasteiger partial charge in [0.05, 0.1) is 11.3 Å². The summed E-state index contributed by atoms with van der Waals surface area (Å²) in [4.78, 5) is 35.6. The molecule has 0 unspecified atom stereocenters. The fourth-order valence-electron chi connectivity index (χ4n) is 2.60. The number of hydrogen-bond acceptors (Lipinski definition) is 3. The van der Waals surface area contributed by atoms with Crippen molar-refractivity contribution in [2.75, 3.05) is 10.6 Å². The molecule has 0 atom stereocenters. The minimum absolute atomic E-state index is 0.00920. The highest BCUT2D eigenvalue weighted by Gasteiger charge is 2.13. The average molecular weight is 386 g/mol. The van der Waals surface area contributed by atoms with E-state index in [1.165, 1.54) is 18.2 Å². The van der Waals surface area contributed by atoms with Gasteiger partial charge >= 0.3 is 5.97 Å². The maximum absolute atomic E-state index is 12.4. The number of hydrogen-bond donors (Lipinski definition) is 3. The van der Waals surface area contributed by atoms with Gasteiger partial charge in [0.2, 0.25) is 5.91 Å². The number of carboxylic acids is 1. The third kappa shape index (κ3) is 5.40. The molecule has 6 nitrogen and oxygen atoms in total. The molecule has 0 aliphatic heterocycles. The molecule has 144 valence electrons. The van der Waals surface area contributed by atoms with Crippen molar-refractivity contribution in [3.8, 4) is 0 Å². The number of carbonyl (C=O) groups is 3. The summed E-state index contributed by atoms with van der Waals surface area (Å²) in [5.41, 5.74) is 2.01. The van der Waals surface area contributed by atoms with Crippen molar-refractivity contribution in [2.45, 2.75) is 0 Å². The van der Waals surface area contributed by atoms with Crippen LogP contribution in [-0.2, 0) is 4.79 Å². The summed E-state index contributed by atoms with van der Waals surface area (Å²) in [5, 5.41) is 14.5. The van der Waals surface area contributed by atoms with Gasteiger partial charge in [0.15, 0.2) is 0 Å². The van der Waals surface area contributed by atoms with Gasteiger partial charge < -0.3 is 15.7 Å². The Morgan fingerprint density at radius 3 is 2.10 bits per heavy atom. The predicted molar refractivity (Wildman–Crippen MR) is 112 cm³/mol. The van der Waals surface area contributed by atoms with E-state index in [1.807, 2.05) is 30.3 Å². The number of aromatic carboxylic acids is 1. The fourth-order valence-corrected chi connectivity index (χ4v) is 2.60. The van der Waals surface area contributed by atoms with Crippen molar-refractivity contribution < 1.29 is 19.5 Å². The van der Waals surface area contributed by atoms with Crippen molar-refractivity contribution in [1.82, 2.24) is 0 Å². The van der Waals surface area contributed by atoms with Gasteiger partial charge in [-0.1, -0.05) is 42.5 Å². The summed E-state index contributed by atoms with van der Waals surface area (Å²) in [6.07, 6.45) is 3.13. The van der Waals surface area contributed by atoms with Crippen molar-refractivity contribution in [3.63, 3.8) is 0 Å². The molecule has 2 amide bonds. The first-order valence-corrected chi connectivity index (χ1v) is 8.81. The highest BCUT2D eigenvalue weighted by atomic mass is 16.4. The molecule has 29 heavy (non-hydrogen) atoms. The fraction of sp³-hybridized carbons (Fsp3) is 0. The molecule has 3 aromatic rings. The van der Waals surface area contributed by atoms with E-state index >= 15 is 0 Å². The zero-order chi connectivity index (χ0) is 20.6. The summed E-state index contributed by atoms with van der Waals surface area (Å²) < 4.78 is 0. The highest BCUT2D eigenvalue weighted by Crippen LogP contribution is 2.17. The minimum Gasteiger partial charge on any atom is -0.478 e. The van der Waals surface area contributed by atoms with E-state index in [1.54, 1.807) is 42.5 Å². The second-order valence-corrected chi connectivity index (χ2v) is 6.12. The largest absolute Gasteiger partial charge is 0.478 e. The zero-order valence-electron chi connectivity index (χ0n) is 15.3. The van der Waals surface area contributed by atoms with Crippen LogP contribution in [0, 0.1) is 0 Å². The van der Waals surface area contributed by atoms with Crippen molar-refractivity contribution in [1.29, 1.82) is 0 Å². The van der Waals surface area contributed by atoms with Gasteiger partial charge in [-0.05, 0) is 48.0 Å². The summed E-state index contributed by atoms with van der Waals surface area (Å²) in [7, 11) is 0. The summed E-state index contributed by atoms with van der Waals surface area (Å²) in [5.74, 6) is -1.86. The van der Waals surface area contributed by atoms with E-state index in [0.717, 1.165) is 5.56 Å². The van der Waals surface area contributed by atoms with Crippen LogP contribution in [0.4, 0.5) is 11.4 Å². The Morgan fingerprint density at radius 2 is 1.41 bits per heavy atom. The number of carbonyl (C=O) groups excluding carboxylic acids is 2. The van der Waals surface area contributed by atoms with Crippen LogP contribution in [-0.4, -0.2) is 22.9 Å². The number of para-hydroxylation sites is 1. The number of amides is 2. The number of carboxylic acid groups (broad SMARTS) is 1. The van der Waals surface area contributed by atoms with Crippen molar-refractivity contribution >= 4 is 35.2 Å². The lowest BCUT2D eigenvalue weighted by Crippen LogP contribution is -2.15. The van der Waals surface area contributed by atoms with Gasteiger partial charge in [0.1, 0.15) is 0 Å². The Labute approximate surface area is 167 Å². The third-order valence-electron chi connectivity index (χ3n) is 4.05. The van der Waals surface area contributed by atoms with E-state index in [0.29, 0.717) is 11.3 Å². The number of rotatable bonds is 6. The number of nitrogens with one attached hydrogen (secondary N) is 2. The van der Waals surface area contributed by atoms with Crippen molar-refractivity contribution in [3.05, 3.63) is 102 Å². The van der Waals surface area contributed by atoms with E-state index < -0.39 is 11.9 Å². The molecule has 0 spiro atoms. The van der Waals surface area contributed by atoms with Crippen LogP contribution in [0.5, 0.6) is 0 Å². The van der Waals surface area contributed by atoms with Crippen LogP contribution in [0.1, 0.15) is 26.3 Å². The quantitative estimate of drug-likeness (QED) is 0.551. The molecule has 0 aromatic heterocycles. The van der Waals surface area contributed by atoms with Gasteiger partial charge in [-0.3, -0.25) is 9.59 Å². The molecule has 6 heteroatoms. The van der Waals surface area contributed by atoms with Crippen LogP contribution in [0.25, 0.3) is 6.08 Å². The second kappa shape index (κ2) is 9.14. The maximum Gasteiger partial charge on any atom is 0.337 e. The first-order valence-electron chi connectivity index (χ1n) is 8.81. The predicted octanol–water partition coefficient (Wildman–Crippen LogP) is 4.29. The summed E-state index contributed by atoms with van der Waals surface area (Å²) in [6, 6.07) is 21.9. The van der Waals surface area contributed by atoms with Crippen molar-refractivity contribution in [2.24, 2.45) is 0 Å². The number of benzene rings is 3. The molecule has 0 saturated heterocycles. The minimum atomic E-state index is -1.12. The summed E-state index contributed by atoms with van der Waals surface area (Å²) in [6.45, 7) is 0. The molecule has 0 saturated carbocycles. The maximum atomic E-state index is 12.4.